The zero-order chi connectivity index (χ0) is 11.8. The molecule has 1 fully saturated rings. The Bertz CT molecular complexity index is 163. The zero-order valence-corrected chi connectivity index (χ0v) is 11.3. The molecule has 0 saturated carbocycles. The largest absolute Gasteiger partial charge is 0.312 e. The van der Waals surface area contributed by atoms with Gasteiger partial charge in [-0.3, -0.25) is 0 Å². The molecule has 1 saturated heterocycles. The van der Waals surface area contributed by atoms with Gasteiger partial charge in [0.05, 0.1) is 0 Å². The van der Waals surface area contributed by atoms with Crippen LogP contribution in [0.25, 0.3) is 0 Å². The third-order valence-electron chi connectivity index (χ3n) is 3.55. The topological polar surface area (TPSA) is 18.5 Å². The molecule has 3 heteroatoms. The van der Waals surface area contributed by atoms with Crippen LogP contribution in [0.5, 0.6) is 0 Å². The van der Waals surface area contributed by atoms with Gasteiger partial charge in [0.15, 0.2) is 0 Å². The summed E-state index contributed by atoms with van der Waals surface area (Å²) >= 11 is 0. The van der Waals surface area contributed by atoms with Crippen molar-refractivity contribution in [3.8, 4) is 0 Å². The van der Waals surface area contributed by atoms with Crippen molar-refractivity contribution in [3.63, 3.8) is 0 Å². The quantitative estimate of drug-likeness (QED) is 0.676. The van der Waals surface area contributed by atoms with E-state index in [1.807, 2.05) is 0 Å². The molecule has 16 heavy (non-hydrogen) atoms. The number of hydrogen-bond acceptors (Lipinski definition) is 3. The van der Waals surface area contributed by atoms with Gasteiger partial charge in [-0.05, 0) is 45.9 Å². The summed E-state index contributed by atoms with van der Waals surface area (Å²) < 4.78 is 0. The molecule has 1 aliphatic rings. The lowest BCUT2D eigenvalue weighted by atomic mass is 10.3. The standard InChI is InChI=1S/C13H29N3/c1-4-15(5-2)11-8-14-13(3)12-16-9-6-7-10-16/h13-14H,4-12H2,1-3H3. The van der Waals surface area contributed by atoms with E-state index in [-0.39, 0.29) is 0 Å². The van der Waals surface area contributed by atoms with Crippen molar-refractivity contribution < 1.29 is 0 Å². The second-order valence-corrected chi connectivity index (χ2v) is 4.89. The Hall–Kier alpha value is -0.120. The average Bonchev–Trinajstić information content (AvgIpc) is 2.77. The molecule has 0 aromatic heterocycles. The lowest BCUT2D eigenvalue weighted by molar-refractivity contribution is 0.272. The summed E-state index contributed by atoms with van der Waals surface area (Å²) in [5.74, 6) is 0. The van der Waals surface area contributed by atoms with E-state index in [2.05, 4.69) is 35.9 Å². The van der Waals surface area contributed by atoms with Crippen LogP contribution in [-0.2, 0) is 0 Å². The molecule has 0 radical (unpaired) electrons. The monoisotopic (exact) mass is 227 g/mol. The lowest BCUT2D eigenvalue weighted by Gasteiger charge is -2.23. The second-order valence-electron chi connectivity index (χ2n) is 4.89. The van der Waals surface area contributed by atoms with Gasteiger partial charge in [-0.1, -0.05) is 13.8 Å². The Labute approximate surface area is 101 Å². The van der Waals surface area contributed by atoms with Crippen molar-refractivity contribution in [2.24, 2.45) is 0 Å². The summed E-state index contributed by atoms with van der Waals surface area (Å²) in [6, 6.07) is 0.633. The van der Waals surface area contributed by atoms with Gasteiger partial charge in [0.25, 0.3) is 0 Å². The fraction of sp³-hybridized carbons (Fsp3) is 1.00. The van der Waals surface area contributed by atoms with Crippen molar-refractivity contribution in [1.82, 2.24) is 15.1 Å². The maximum atomic E-state index is 3.63. The summed E-state index contributed by atoms with van der Waals surface area (Å²) in [5, 5.41) is 3.63. The van der Waals surface area contributed by atoms with Crippen LogP contribution in [0, 0.1) is 0 Å². The Morgan fingerprint density at radius 2 is 1.81 bits per heavy atom. The molecule has 1 aliphatic heterocycles. The maximum absolute atomic E-state index is 3.63. The van der Waals surface area contributed by atoms with E-state index in [0.717, 1.165) is 6.54 Å². The van der Waals surface area contributed by atoms with Gasteiger partial charge in [0.1, 0.15) is 0 Å². The minimum absolute atomic E-state index is 0.633. The Morgan fingerprint density at radius 1 is 1.19 bits per heavy atom. The fourth-order valence-corrected chi connectivity index (χ4v) is 2.43. The van der Waals surface area contributed by atoms with Crippen LogP contribution in [0.2, 0.25) is 0 Å². The van der Waals surface area contributed by atoms with Crippen molar-refractivity contribution in [3.05, 3.63) is 0 Å². The minimum atomic E-state index is 0.633. The lowest BCUT2D eigenvalue weighted by Crippen LogP contribution is -2.41. The van der Waals surface area contributed by atoms with E-state index in [1.54, 1.807) is 0 Å². The van der Waals surface area contributed by atoms with Crippen LogP contribution < -0.4 is 5.32 Å². The van der Waals surface area contributed by atoms with Gasteiger partial charge < -0.3 is 15.1 Å². The number of nitrogens with one attached hydrogen (secondary N) is 1. The van der Waals surface area contributed by atoms with Crippen molar-refractivity contribution >= 4 is 0 Å². The molecule has 0 aliphatic carbocycles. The highest BCUT2D eigenvalue weighted by molar-refractivity contribution is 4.72. The SMILES string of the molecule is CCN(CC)CCNC(C)CN1CCCC1. The summed E-state index contributed by atoms with van der Waals surface area (Å²) in [7, 11) is 0. The van der Waals surface area contributed by atoms with Gasteiger partial charge in [0, 0.05) is 25.7 Å². The Kier molecular flexibility index (Phi) is 7.01. The third kappa shape index (κ3) is 5.28. The number of rotatable bonds is 8. The molecule has 0 spiro atoms. The van der Waals surface area contributed by atoms with Gasteiger partial charge in [-0.25, -0.2) is 0 Å². The smallest absolute Gasteiger partial charge is 0.0167 e. The first-order chi connectivity index (χ1) is 7.76. The summed E-state index contributed by atoms with van der Waals surface area (Å²) in [6.45, 7) is 15.2. The van der Waals surface area contributed by atoms with E-state index in [4.69, 9.17) is 0 Å². The summed E-state index contributed by atoms with van der Waals surface area (Å²) in [5.41, 5.74) is 0. The zero-order valence-electron chi connectivity index (χ0n) is 11.3. The van der Waals surface area contributed by atoms with E-state index in [0.29, 0.717) is 6.04 Å². The molecule has 0 amide bonds. The highest BCUT2D eigenvalue weighted by Crippen LogP contribution is 2.07. The first kappa shape index (κ1) is 13.9. The first-order valence-electron chi connectivity index (χ1n) is 6.94. The molecule has 1 unspecified atom stereocenters. The van der Waals surface area contributed by atoms with E-state index < -0.39 is 0 Å². The molecule has 0 aromatic rings. The van der Waals surface area contributed by atoms with Gasteiger partial charge in [-0.2, -0.15) is 0 Å². The number of likely N-dealkylation sites (tertiary alicyclic amines) is 1. The second kappa shape index (κ2) is 8.04. The van der Waals surface area contributed by atoms with E-state index in [9.17, 15) is 0 Å². The number of nitrogens with zero attached hydrogens (tertiary/aromatic N) is 2. The molecule has 1 N–H and O–H groups in total. The van der Waals surface area contributed by atoms with Crippen molar-refractivity contribution in [2.45, 2.75) is 39.7 Å². The molecule has 1 atom stereocenters. The predicted molar refractivity (Wildman–Crippen MR) is 70.9 cm³/mol. The highest BCUT2D eigenvalue weighted by Gasteiger charge is 2.13. The van der Waals surface area contributed by atoms with Crippen LogP contribution >= 0.6 is 0 Å². The molecular formula is C13H29N3. The van der Waals surface area contributed by atoms with Gasteiger partial charge >= 0.3 is 0 Å². The molecule has 1 heterocycles. The van der Waals surface area contributed by atoms with Crippen LogP contribution in [0.15, 0.2) is 0 Å². The molecule has 0 bridgehead atoms. The minimum Gasteiger partial charge on any atom is -0.312 e. The number of hydrogen-bond donors (Lipinski definition) is 1. The maximum Gasteiger partial charge on any atom is 0.0167 e. The molecular weight excluding hydrogens is 198 g/mol. The van der Waals surface area contributed by atoms with Crippen LogP contribution in [0.4, 0.5) is 0 Å². The summed E-state index contributed by atoms with van der Waals surface area (Å²) in [4.78, 5) is 5.05. The highest BCUT2D eigenvalue weighted by atomic mass is 15.2. The first-order valence-corrected chi connectivity index (χ1v) is 6.94. The van der Waals surface area contributed by atoms with Gasteiger partial charge in [0.2, 0.25) is 0 Å². The third-order valence-corrected chi connectivity index (χ3v) is 3.55. The summed E-state index contributed by atoms with van der Waals surface area (Å²) in [6.07, 6.45) is 2.79. The average molecular weight is 227 g/mol. The number of likely N-dealkylation sites (N-methyl/N-ethyl adjacent to an activating group) is 1. The van der Waals surface area contributed by atoms with Gasteiger partial charge in [-0.15, -0.1) is 0 Å². The van der Waals surface area contributed by atoms with E-state index in [1.165, 1.54) is 52.1 Å². The predicted octanol–water partition coefficient (Wildman–Crippen LogP) is 1.40. The van der Waals surface area contributed by atoms with Crippen molar-refractivity contribution in [1.29, 1.82) is 0 Å². The van der Waals surface area contributed by atoms with Crippen molar-refractivity contribution in [2.75, 3.05) is 45.8 Å². The molecule has 96 valence electrons. The normalized spacial score (nSPS) is 19.5. The fourth-order valence-electron chi connectivity index (χ4n) is 2.43. The van der Waals surface area contributed by atoms with Crippen LogP contribution in [-0.4, -0.2) is 61.7 Å². The van der Waals surface area contributed by atoms with Crippen LogP contribution in [0.3, 0.4) is 0 Å². The molecule has 3 nitrogen and oxygen atoms in total. The molecule has 0 aromatic carbocycles. The molecule has 1 rings (SSSR count). The van der Waals surface area contributed by atoms with E-state index >= 15 is 0 Å². The Morgan fingerprint density at radius 3 is 2.38 bits per heavy atom. The van der Waals surface area contributed by atoms with Crippen LogP contribution in [0.1, 0.15) is 33.6 Å². The Balaban J connectivity index is 2.02.